The number of carboxylic acid groups (broad SMARTS) is 1. The number of aliphatic carboxylic acids is 1. The largest absolute Gasteiger partial charge is 0.481 e. The molecular weight excluding hydrogens is 300 g/mol. The van der Waals surface area contributed by atoms with Gasteiger partial charge in [0.05, 0.1) is 18.2 Å². The fourth-order valence-electron chi connectivity index (χ4n) is 2.88. The van der Waals surface area contributed by atoms with Crippen LogP contribution < -0.4 is 10.6 Å². The van der Waals surface area contributed by atoms with E-state index in [0.717, 1.165) is 0 Å². The van der Waals surface area contributed by atoms with Crippen molar-refractivity contribution < 1.29 is 23.8 Å². The molecule has 1 unspecified atom stereocenters. The molecule has 0 radical (unpaired) electrons. The number of ether oxygens (including phenoxy) is 1. The van der Waals surface area contributed by atoms with Crippen LogP contribution in [0.15, 0.2) is 22.8 Å². The van der Waals surface area contributed by atoms with Crippen LogP contribution in [0.3, 0.4) is 0 Å². The molecule has 1 aromatic rings. The van der Waals surface area contributed by atoms with E-state index in [4.69, 9.17) is 14.3 Å². The number of carbonyl (C=O) groups is 2. The summed E-state index contributed by atoms with van der Waals surface area (Å²) >= 11 is 0. The molecule has 7 nitrogen and oxygen atoms in total. The van der Waals surface area contributed by atoms with E-state index in [1.807, 2.05) is 6.07 Å². The Morgan fingerprint density at radius 1 is 1.39 bits per heavy atom. The van der Waals surface area contributed by atoms with Crippen molar-refractivity contribution in [3.05, 3.63) is 24.2 Å². The first-order chi connectivity index (χ1) is 11.1. The van der Waals surface area contributed by atoms with Crippen LogP contribution in [-0.2, 0) is 9.53 Å². The van der Waals surface area contributed by atoms with Crippen molar-refractivity contribution in [2.75, 3.05) is 13.7 Å². The highest BCUT2D eigenvalue weighted by Gasteiger charge is 2.27. The second kappa shape index (κ2) is 8.57. The molecule has 1 aromatic heterocycles. The average Bonchev–Trinajstić information content (AvgIpc) is 3.06. The van der Waals surface area contributed by atoms with Gasteiger partial charge in [0, 0.05) is 19.8 Å². The number of nitrogens with one attached hydrogen (secondary N) is 2. The molecule has 2 rings (SSSR count). The minimum Gasteiger partial charge on any atom is -0.481 e. The lowest BCUT2D eigenvalue weighted by molar-refractivity contribution is -0.142. The van der Waals surface area contributed by atoms with Gasteiger partial charge in [-0.15, -0.1) is 0 Å². The van der Waals surface area contributed by atoms with Crippen molar-refractivity contribution in [2.24, 2.45) is 5.92 Å². The van der Waals surface area contributed by atoms with Gasteiger partial charge in [0.2, 0.25) is 0 Å². The lowest BCUT2D eigenvalue weighted by Crippen LogP contribution is -2.45. The fraction of sp³-hybridized carbons (Fsp3) is 0.625. The first-order valence-electron chi connectivity index (χ1n) is 7.92. The van der Waals surface area contributed by atoms with Crippen LogP contribution in [0.4, 0.5) is 4.79 Å². The molecule has 1 aliphatic carbocycles. The molecule has 0 bridgehead atoms. The minimum atomic E-state index is -0.745. The molecule has 7 heteroatoms. The van der Waals surface area contributed by atoms with E-state index >= 15 is 0 Å². The summed E-state index contributed by atoms with van der Waals surface area (Å²) in [5.41, 5.74) is 0. The molecule has 1 aliphatic rings. The number of methoxy groups -OCH3 is 1. The van der Waals surface area contributed by atoms with Gasteiger partial charge in [-0.25, -0.2) is 4.79 Å². The van der Waals surface area contributed by atoms with Gasteiger partial charge in [0.1, 0.15) is 5.76 Å². The Hall–Kier alpha value is -2.02. The number of amides is 2. The summed E-state index contributed by atoms with van der Waals surface area (Å²) in [5.74, 6) is -0.342. The molecule has 1 saturated carbocycles. The Kier molecular flexibility index (Phi) is 6.46. The van der Waals surface area contributed by atoms with Crippen LogP contribution >= 0.6 is 0 Å². The fourth-order valence-corrected chi connectivity index (χ4v) is 2.88. The molecular formula is C16H24N2O5. The number of rotatable bonds is 7. The summed E-state index contributed by atoms with van der Waals surface area (Å²) in [6.45, 7) is 0.509. The van der Waals surface area contributed by atoms with Gasteiger partial charge in [-0.3, -0.25) is 4.79 Å². The molecule has 23 heavy (non-hydrogen) atoms. The number of hydrogen-bond donors (Lipinski definition) is 3. The Morgan fingerprint density at radius 2 is 2.13 bits per heavy atom. The zero-order valence-electron chi connectivity index (χ0n) is 13.3. The average molecular weight is 324 g/mol. The van der Waals surface area contributed by atoms with E-state index in [1.165, 1.54) is 0 Å². The summed E-state index contributed by atoms with van der Waals surface area (Å²) in [6.07, 6.45) is 4.77. The normalized spacial score (nSPS) is 22.3. The second-order valence-electron chi connectivity index (χ2n) is 5.85. The quantitative estimate of drug-likeness (QED) is 0.714. The van der Waals surface area contributed by atoms with Crippen LogP contribution in [0.2, 0.25) is 0 Å². The zero-order valence-corrected chi connectivity index (χ0v) is 13.3. The third kappa shape index (κ3) is 5.28. The van der Waals surface area contributed by atoms with E-state index in [9.17, 15) is 9.59 Å². The molecule has 3 N–H and O–H groups in total. The Labute approximate surface area is 135 Å². The maximum Gasteiger partial charge on any atom is 0.315 e. The monoisotopic (exact) mass is 324 g/mol. The standard InChI is InChI=1S/C16H24N2O5/c1-22-10-8-13(14-3-2-9-23-14)18-16(21)17-12-6-4-11(5-7-12)15(19)20/h2-3,9,11-13H,4-8,10H2,1H3,(H,19,20)(H2,17,18,21). The van der Waals surface area contributed by atoms with Gasteiger partial charge in [0.15, 0.2) is 0 Å². The van der Waals surface area contributed by atoms with Crippen LogP contribution in [0.25, 0.3) is 0 Å². The number of furan rings is 1. The third-order valence-corrected chi connectivity index (χ3v) is 4.21. The lowest BCUT2D eigenvalue weighted by Gasteiger charge is -2.27. The van der Waals surface area contributed by atoms with Crippen LogP contribution in [0.5, 0.6) is 0 Å². The highest BCUT2D eigenvalue weighted by atomic mass is 16.5. The molecule has 1 heterocycles. The van der Waals surface area contributed by atoms with Crippen molar-refractivity contribution >= 4 is 12.0 Å². The summed E-state index contributed by atoms with van der Waals surface area (Å²) in [6, 6.07) is 3.10. The number of hydrogen-bond acceptors (Lipinski definition) is 4. The molecule has 0 spiro atoms. The highest BCUT2D eigenvalue weighted by molar-refractivity contribution is 5.75. The van der Waals surface area contributed by atoms with E-state index in [1.54, 1.807) is 19.4 Å². The molecule has 1 atom stereocenters. The maximum atomic E-state index is 12.2. The Balaban J connectivity index is 1.81. The van der Waals surface area contributed by atoms with Crippen molar-refractivity contribution in [3.8, 4) is 0 Å². The molecule has 0 aromatic carbocycles. The van der Waals surface area contributed by atoms with Gasteiger partial charge < -0.3 is 24.9 Å². The second-order valence-corrected chi connectivity index (χ2v) is 5.85. The Bertz CT molecular complexity index is 495. The van der Waals surface area contributed by atoms with Crippen molar-refractivity contribution in [2.45, 2.75) is 44.2 Å². The SMILES string of the molecule is COCCC(NC(=O)NC1CCC(C(=O)O)CC1)c1ccco1. The van der Waals surface area contributed by atoms with Crippen molar-refractivity contribution in [3.63, 3.8) is 0 Å². The minimum absolute atomic E-state index is 0.0188. The van der Waals surface area contributed by atoms with Gasteiger partial charge in [0.25, 0.3) is 0 Å². The van der Waals surface area contributed by atoms with Crippen molar-refractivity contribution in [1.82, 2.24) is 10.6 Å². The molecule has 0 saturated heterocycles. The smallest absolute Gasteiger partial charge is 0.315 e. The van der Waals surface area contributed by atoms with E-state index in [-0.39, 0.29) is 24.0 Å². The summed E-state index contributed by atoms with van der Waals surface area (Å²) < 4.78 is 10.4. The molecule has 128 valence electrons. The van der Waals surface area contributed by atoms with Crippen LogP contribution in [0.1, 0.15) is 43.9 Å². The van der Waals surface area contributed by atoms with E-state index < -0.39 is 5.97 Å². The highest BCUT2D eigenvalue weighted by Crippen LogP contribution is 2.24. The van der Waals surface area contributed by atoms with Gasteiger partial charge in [-0.2, -0.15) is 0 Å². The molecule has 1 fully saturated rings. The van der Waals surface area contributed by atoms with Gasteiger partial charge >= 0.3 is 12.0 Å². The summed E-state index contributed by atoms with van der Waals surface area (Å²) in [5, 5.41) is 14.8. The third-order valence-electron chi connectivity index (χ3n) is 4.21. The van der Waals surface area contributed by atoms with Crippen LogP contribution in [0, 0.1) is 5.92 Å². The number of carbonyl (C=O) groups excluding carboxylic acids is 1. The number of urea groups is 1. The first kappa shape index (κ1) is 17.3. The van der Waals surface area contributed by atoms with E-state index in [0.29, 0.717) is 44.5 Å². The Morgan fingerprint density at radius 3 is 2.70 bits per heavy atom. The predicted octanol–water partition coefficient (Wildman–Crippen LogP) is 2.30. The lowest BCUT2D eigenvalue weighted by atomic mass is 9.86. The zero-order chi connectivity index (χ0) is 16.7. The van der Waals surface area contributed by atoms with E-state index in [2.05, 4.69) is 10.6 Å². The van der Waals surface area contributed by atoms with Crippen LogP contribution in [-0.4, -0.2) is 36.9 Å². The molecule has 2 amide bonds. The van der Waals surface area contributed by atoms with Gasteiger partial charge in [-0.1, -0.05) is 0 Å². The first-order valence-corrected chi connectivity index (χ1v) is 7.92. The number of carboxylic acids is 1. The topological polar surface area (TPSA) is 101 Å². The predicted molar refractivity (Wildman–Crippen MR) is 83.0 cm³/mol. The van der Waals surface area contributed by atoms with Crippen molar-refractivity contribution in [1.29, 1.82) is 0 Å². The summed E-state index contributed by atoms with van der Waals surface area (Å²) in [4.78, 5) is 23.1. The molecule has 0 aliphatic heterocycles. The maximum absolute atomic E-state index is 12.2. The summed E-state index contributed by atoms with van der Waals surface area (Å²) in [7, 11) is 1.61. The van der Waals surface area contributed by atoms with Gasteiger partial charge in [-0.05, 0) is 44.2 Å².